The Hall–Kier alpha value is 0. The molecule has 17 heavy (non-hydrogen) atoms. The molecule has 0 radical (unpaired) electrons. The Kier molecular flexibility index (Phi) is 5.54. The Bertz CT molecular complexity index is 204. The summed E-state index contributed by atoms with van der Waals surface area (Å²) in [5.74, 6) is 3.81. The van der Waals surface area contributed by atoms with Gasteiger partial charge in [-0.1, -0.05) is 54.4 Å². The summed E-state index contributed by atoms with van der Waals surface area (Å²) >= 11 is 0. The van der Waals surface area contributed by atoms with Crippen LogP contribution >= 0.6 is 0 Å². The van der Waals surface area contributed by atoms with Gasteiger partial charge in [0.25, 0.3) is 0 Å². The summed E-state index contributed by atoms with van der Waals surface area (Å²) in [5.41, 5.74) is 0.598. The molecule has 1 saturated carbocycles. The van der Waals surface area contributed by atoms with Gasteiger partial charge in [-0.05, 0) is 54.8 Å². The lowest BCUT2D eigenvalue weighted by molar-refractivity contribution is 0.183. The summed E-state index contributed by atoms with van der Waals surface area (Å²) in [7, 11) is 0. The summed E-state index contributed by atoms with van der Waals surface area (Å²) in [5, 5.41) is 0. The third-order valence-electron chi connectivity index (χ3n) is 4.43. The topological polar surface area (TPSA) is 0 Å². The second-order valence-electron chi connectivity index (χ2n) is 7.87. The molecule has 1 fully saturated rings. The molecule has 0 nitrogen and oxygen atoms in total. The quantitative estimate of drug-likeness (QED) is 0.493. The lowest BCUT2D eigenvalue weighted by Crippen LogP contribution is -2.21. The molecule has 0 N–H and O–H groups in total. The van der Waals surface area contributed by atoms with Crippen LogP contribution in [0.2, 0.25) is 0 Å². The molecule has 2 unspecified atom stereocenters. The van der Waals surface area contributed by atoms with Gasteiger partial charge in [0.1, 0.15) is 0 Å². The number of hydrogen-bond donors (Lipinski definition) is 0. The Labute approximate surface area is 110 Å². The standard InChI is InChI=1S/C17H34/c1-13(2)11-17(6,12-14(3)4)9-7-8-16-10-15(16)5/h13-16H,7-12H2,1-6H3. The first-order valence-electron chi connectivity index (χ1n) is 7.82. The zero-order chi connectivity index (χ0) is 13.1. The van der Waals surface area contributed by atoms with Crippen molar-refractivity contribution < 1.29 is 0 Å². The maximum atomic E-state index is 2.53. The minimum Gasteiger partial charge on any atom is -0.0628 e. The van der Waals surface area contributed by atoms with E-state index >= 15 is 0 Å². The Morgan fingerprint density at radius 2 is 1.53 bits per heavy atom. The third kappa shape index (κ3) is 5.93. The van der Waals surface area contributed by atoms with E-state index in [2.05, 4.69) is 41.5 Å². The van der Waals surface area contributed by atoms with E-state index in [-0.39, 0.29) is 0 Å². The minimum absolute atomic E-state index is 0.598. The molecule has 0 spiro atoms. The van der Waals surface area contributed by atoms with Crippen molar-refractivity contribution in [1.29, 1.82) is 0 Å². The average Bonchev–Trinajstić information content (AvgIpc) is 2.78. The van der Waals surface area contributed by atoms with Crippen LogP contribution in [0.15, 0.2) is 0 Å². The SMILES string of the molecule is CC(C)CC(C)(CCCC1CC1C)CC(C)C. The van der Waals surface area contributed by atoms with E-state index in [1.165, 1.54) is 38.5 Å². The fourth-order valence-corrected chi connectivity index (χ4v) is 3.85. The minimum atomic E-state index is 0.598. The van der Waals surface area contributed by atoms with Crippen LogP contribution in [0.3, 0.4) is 0 Å². The van der Waals surface area contributed by atoms with E-state index in [0.29, 0.717) is 5.41 Å². The van der Waals surface area contributed by atoms with Crippen molar-refractivity contribution in [3.8, 4) is 0 Å². The number of hydrogen-bond acceptors (Lipinski definition) is 0. The molecule has 1 aliphatic rings. The van der Waals surface area contributed by atoms with Crippen molar-refractivity contribution in [3.05, 3.63) is 0 Å². The van der Waals surface area contributed by atoms with Gasteiger partial charge >= 0.3 is 0 Å². The lowest BCUT2D eigenvalue weighted by atomic mass is 9.72. The third-order valence-corrected chi connectivity index (χ3v) is 4.43. The molecular weight excluding hydrogens is 204 g/mol. The van der Waals surface area contributed by atoms with Crippen LogP contribution in [0.4, 0.5) is 0 Å². The predicted molar refractivity (Wildman–Crippen MR) is 78.1 cm³/mol. The molecule has 0 aromatic rings. The normalized spacial score (nSPS) is 24.7. The van der Waals surface area contributed by atoms with Crippen LogP contribution in [0, 0.1) is 29.1 Å². The van der Waals surface area contributed by atoms with Crippen molar-refractivity contribution >= 4 is 0 Å². The van der Waals surface area contributed by atoms with Gasteiger partial charge in [0.2, 0.25) is 0 Å². The van der Waals surface area contributed by atoms with Gasteiger partial charge in [0.15, 0.2) is 0 Å². The van der Waals surface area contributed by atoms with Crippen LogP contribution in [0.25, 0.3) is 0 Å². The fourth-order valence-electron chi connectivity index (χ4n) is 3.85. The van der Waals surface area contributed by atoms with E-state index in [1.807, 2.05) is 0 Å². The van der Waals surface area contributed by atoms with Gasteiger partial charge in [0, 0.05) is 0 Å². The molecule has 0 bridgehead atoms. The maximum Gasteiger partial charge on any atom is -0.0321 e. The Morgan fingerprint density at radius 1 is 1.06 bits per heavy atom. The van der Waals surface area contributed by atoms with E-state index in [9.17, 15) is 0 Å². The molecule has 0 amide bonds. The van der Waals surface area contributed by atoms with Crippen molar-refractivity contribution in [2.75, 3.05) is 0 Å². The highest BCUT2D eigenvalue weighted by molar-refractivity contribution is 4.84. The molecular formula is C17H34. The van der Waals surface area contributed by atoms with Crippen molar-refractivity contribution in [2.45, 2.75) is 80.1 Å². The van der Waals surface area contributed by atoms with Crippen LogP contribution in [0.1, 0.15) is 80.1 Å². The smallest absolute Gasteiger partial charge is 0.0321 e. The lowest BCUT2D eigenvalue weighted by Gasteiger charge is -2.33. The maximum absolute atomic E-state index is 2.53. The Balaban J connectivity index is 2.33. The van der Waals surface area contributed by atoms with Crippen molar-refractivity contribution in [3.63, 3.8) is 0 Å². The molecule has 0 heteroatoms. The molecule has 1 rings (SSSR count). The van der Waals surface area contributed by atoms with Gasteiger partial charge in [0.05, 0.1) is 0 Å². The predicted octanol–water partition coefficient (Wildman–Crippen LogP) is 5.91. The average molecular weight is 238 g/mol. The Morgan fingerprint density at radius 3 is 1.88 bits per heavy atom. The van der Waals surface area contributed by atoms with Gasteiger partial charge in [-0.2, -0.15) is 0 Å². The highest BCUT2D eigenvalue weighted by atomic mass is 14.4. The van der Waals surface area contributed by atoms with Crippen molar-refractivity contribution in [1.82, 2.24) is 0 Å². The monoisotopic (exact) mass is 238 g/mol. The van der Waals surface area contributed by atoms with Crippen LogP contribution in [-0.2, 0) is 0 Å². The highest BCUT2D eigenvalue weighted by Gasteiger charge is 2.33. The molecule has 0 aromatic heterocycles. The zero-order valence-corrected chi connectivity index (χ0v) is 13.1. The summed E-state index contributed by atoms with van der Waals surface area (Å²) in [6.45, 7) is 14.4. The molecule has 0 heterocycles. The second kappa shape index (κ2) is 6.25. The van der Waals surface area contributed by atoms with Gasteiger partial charge in [-0.25, -0.2) is 0 Å². The van der Waals surface area contributed by atoms with E-state index in [4.69, 9.17) is 0 Å². The van der Waals surface area contributed by atoms with Crippen LogP contribution < -0.4 is 0 Å². The second-order valence-corrected chi connectivity index (χ2v) is 7.87. The summed E-state index contributed by atoms with van der Waals surface area (Å²) in [4.78, 5) is 0. The highest BCUT2D eigenvalue weighted by Crippen LogP contribution is 2.44. The molecule has 0 aliphatic heterocycles. The molecule has 0 aromatic carbocycles. The van der Waals surface area contributed by atoms with Crippen LogP contribution in [-0.4, -0.2) is 0 Å². The molecule has 0 saturated heterocycles. The molecule has 2 atom stereocenters. The number of rotatable bonds is 8. The van der Waals surface area contributed by atoms with Gasteiger partial charge in [-0.15, -0.1) is 0 Å². The first kappa shape index (κ1) is 15.1. The fraction of sp³-hybridized carbons (Fsp3) is 1.00. The van der Waals surface area contributed by atoms with Crippen molar-refractivity contribution in [2.24, 2.45) is 29.1 Å². The largest absolute Gasteiger partial charge is 0.0628 e. The van der Waals surface area contributed by atoms with Crippen LogP contribution in [0.5, 0.6) is 0 Å². The van der Waals surface area contributed by atoms with Gasteiger partial charge in [-0.3, -0.25) is 0 Å². The molecule has 1 aliphatic carbocycles. The first-order valence-corrected chi connectivity index (χ1v) is 7.82. The van der Waals surface area contributed by atoms with E-state index in [0.717, 1.165) is 23.7 Å². The zero-order valence-electron chi connectivity index (χ0n) is 13.1. The first-order chi connectivity index (χ1) is 7.82. The molecule has 102 valence electrons. The summed E-state index contributed by atoms with van der Waals surface area (Å²) in [6.07, 6.45) is 8.73. The van der Waals surface area contributed by atoms with Gasteiger partial charge < -0.3 is 0 Å². The summed E-state index contributed by atoms with van der Waals surface area (Å²) in [6, 6.07) is 0. The van der Waals surface area contributed by atoms with E-state index in [1.54, 1.807) is 0 Å². The summed E-state index contributed by atoms with van der Waals surface area (Å²) < 4.78 is 0. The van der Waals surface area contributed by atoms with E-state index < -0.39 is 0 Å².